The molecule has 152 valence electrons. The fraction of sp³-hybridized carbons (Fsp3) is 0.600. The minimum Gasteiger partial charge on any atom is -0.490 e. The molecule has 2 amide bonds. The summed E-state index contributed by atoms with van der Waals surface area (Å²) >= 11 is 6.36. The highest BCUT2D eigenvalue weighted by Gasteiger charge is 2.21. The van der Waals surface area contributed by atoms with Gasteiger partial charge >= 0.3 is 0 Å². The summed E-state index contributed by atoms with van der Waals surface area (Å²) in [5, 5.41) is 3.11. The van der Waals surface area contributed by atoms with Crippen molar-refractivity contribution in [1.82, 2.24) is 10.2 Å². The second-order valence-corrected chi connectivity index (χ2v) is 6.87. The first kappa shape index (κ1) is 23.1. The Morgan fingerprint density at radius 2 is 1.89 bits per heavy atom. The summed E-state index contributed by atoms with van der Waals surface area (Å²) in [4.78, 5) is 26.4. The van der Waals surface area contributed by atoms with Crippen LogP contribution < -0.4 is 14.8 Å². The van der Waals surface area contributed by atoms with E-state index in [1.54, 1.807) is 12.1 Å². The summed E-state index contributed by atoms with van der Waals surface area (Å²) < 4.78 is 11.4. The third kappa shape index (κ3) is 7.29. The van der Waals surface area contributed by atoms with Gasteiger partial charge in [-0.2, -0.15) is 0 Å². The molecule has 0 aliphatic heterocycles. The number of nitrogens with one attached hydrogen (secondary N) is 1. The molecular weight excluding hydrogens is 368 g/mol. The lowest BCUT2D eigenvalue weighted by atomic mass is 10.1. The van der Waals surface area contributed by atoms with Crippen molar-refractivity contribution in [2.45, 2.75) is 53.5 Å². The topological polar surface area (TPSA) is 67.9 Å². The van der Waals surface area contributed by atoms with Crippen molar-refractivity contribution in [2.24, 2.45) is 0 Å². The zero-order valence-corrected chi connectivity index (χ0v) is 17.7. The van der Waals surface area contributed by atoms with Crippen molar-refractivity contribution in [1.29, 1.82) is 0 Å². The van der Waals surface area contributed by atoms with E-state index in [0.29, 0.717) is 41.8 Å². The number of unbranched alkanes of at least 4 members (excludes halogenated alkanes) is 1. The number of benzene rings is 1. The van der Waals surface area contributed by atoms with Crippen molar-refractivity contribution in [2.75, 3.05) is 26.3 Å². The van der Waals surface area contributed by atoms with Crippen LogP contribution in [0.1, 0.15) is 57.8 Å². The number of amides is 2. The number of rotatable bonds is 11. The highest BCUT2D eigenvalue weighted by Crippen LogP contribution is 2.37. The highest BCUT2D eigenvalue weighted by molar-refractivity contribution is 6.32. The summed E-state index contributed by atoms with van der Waals surface area (Å²) in [6.07, 6.45) is 1.90. The molecule has 1 aromatic rings. The Labute approximate surface area is 167 Å². The van der Waals surface area contributed by atoms with Crippen molar-refractivity contribution in [3.8, 4) is 11.5 Å². The van der Waals surface area contributed by atoms with Crippen LogP contribution >= 0.6 is 11.6 Å². The van der Waals surface area contributed by atoms with Crippen LogP contribution in [0.25, 0.3) is 0 Å². The summed E-state index contributed by atoms with van der Waals surface area (Å²) in [5.41, 5.74) is 0.366. The van der Waals surface area contributed by atoms with Crippen LogP contribution in [0.15, 0.2) is 12.1 Å². The van der Waals surface area contributed by atoms with Gasteiger partial charge in [-0.1, -0.05) is 24.9 Å². The van der Waals surface area contributed by atoms with Gasteiger partial charge < -0.3 is 19.7 Å². The Kier molecular flexibility index (Phi) is 10.0. The van der Waals surface area contributed by atoms with Gasteiger partial charge in [-0.15, -0.1) is 0 Å². The highest BCUT2D eigenvalue weighted by atomic mass is 35.5. The second kappa shape index (κ2) is 11.7. The normalized spacial score (nSPS) is 10.6. The molecule has 6 nitrogen and oxygen atoms in total. The molecular formula is C20H31ClN2O4. The number of likely N-dealkylation sites (N-methyl/N-ethyl adjacent to an activating group) is 1. The van der Waals surface area contributed by atoms with Gasteiger partial charge in [0.1, 0.15) is 0 Å². The van der Waals surface area contributed by atoms with E-state index in [1.807, 2.05) is 27.7 Å². The van der Waals surface area contributed by atoms with E-state index < -0.39 is 0 Å². The number of carbonyl (C=O) groups is 2. The molecule has 1 aromatic carbocycles. The Morgan fingerprint density at radius 1 is 1.19 bits per heavy atom. The van der Waals surface area contributed by atoms with E-state index in [2.05, 4.69) is 12.2 Å². The fourth-order valence-corrected chi connectivity index (χ4v) is 2.73. The fourth-order valence-electron chi connectivity index (χ4n) is 2.46. The number of halogens is 1. The minimum absolute atomic E-state index is 0.0101. The lowest BCUT2D eigenvalue weighted by Gasteiger charge is -2.22. The molecule has 0 aliphatic carbocycles. The summed E-state index contributed by atoms with van der Waals surface area (Å²) in [6.45, 7) is 10.9. The zero-order valence-electron chi connectivity index (χ0n) is 16.9. The van der Waals surface area contributed by atoms with Crippen LogP contribution in [0, 0.1) is 0 Å². The molecule has 0 radical (unpaired) electrons. The lowest BCUT2D eigenvalue weighted by molar-refractivity contribution is -0.122. The second-order valence-electron chi connectivity index (χ2n) is 6.46. The van der Waals surface area contributed by atoms with Crippen LogP contribution in [0.2, 0.25) is 5.02 Å². The monoisotopic (exact) mass is 398 g/mol. The first-order valence-electron chi connectivity index (χ1n) is 9.51. The van der Waals surface area contributed by atoms with E-state index >= 15 is 0 Å². The molecule has 0 fully saturated rings. The maximum absolute atomic E-state index is 12.9. The van der Waals surface area contributed by atoms with Gasteiger partial charge in [0, 0.05) is 18.2 Å². The molecule has 0 aromatic heterocycles. The van der Waals surface area contributed by atoms with E-state index in [9.17, 15) is 9.59 Å². The molecule has 0 aliphatic rings. The third-order valence-electron chi connectivity index (χ3n) is 3.75. The Bertz CT molecular complexity index is 635. The van der Waals surface area contributed by atoms with Crippen molar-refractivity contribution in [3.63, 3.8) is 0 Å². The quantitative estimate of drug-likeness (QED) is 0.574. The summed E-state index contributed by atoms with van der Waals surface area (Å²) in [6, 6.07) is 3.21. The van der Waals surface area contributed by atoms with Crippen LogP contribution in [-0.2, 0) is 4.79 Å². The van der Waals surface area contributed by atoms with Gasteiger partial charge in [0.2, 0.25) is 5.91 Å². The first-order valence-corrected chi connectivity index (χ1v) is 9.89. The van der Waals surface area contributed by atoms with Gasteiger partial charge in [-0.05, 0) is 46.2 Å². The van der Waals surface area contributed by atoms with Gasteiger partial charge in [0.25, 0.3) is 5.91 Å². The number of hydrogen-bond acceptors (Lipinski definition) is 4. The molecule has 0 saturated carbocycles. The van der Waals surface area contributed by atoms with Crippen molar-refractivity contribution >= 4 is 23.4 Å². The summed E-state index contributed by atoms with van der Waals surface area (Å²) in [7, 11) is 0. The van der Waals surface area contributed by atoms with Gasteiger partial charge in [0.15, 0.2) is 11.5 Å². The maximum Gasteiger partial charge on any atom is 0.254 e. The molecule has 7 heteroatoms. The lowest BCUT2D eigenvalue weighted by Crippen LogP contribution is -2.42. The molecule has 0 atom stereocenters. The van der Waals surface area contributed by atoms with Crippen LogP contribution in [0.4, 0.5) is 0 Å². The van der Waals surface area contributed by atoms with Crippen molar-refractivity contribution < 1.29 is 19.1 Å². The molecule has 1 N–H and O–H groups in total. The third-order valence-corrected chi connectivity index (χ3v) is 4.03. The van der Waals surface area contributed by atoms with Crippen LogP contribution in [0.5, 0.6) is 11.5 Å². The predicted molar refractivity (Wildman–Crippen MR) is 108 cm³/mol. The van der Waals surface area contributed by atoms with E-state index in [-0.39, 0.29) is 24.4 Å². The Hall–Kier alpha value is -1.95. The van der Waals surface area contributed by atoms with Crippen LogP contribution in [-0.4, -0.2) is 49.1 Å². The maximum atomic E-state index is 12.9. The first-order chi connectivity index (χ1) is 12.8. The molecule has 0 saturated heterocycles. The molecule has 0 unspecified atom stereocenters. The SMILES string of the molecule is CCCCOc1c(Cl)cc(C(=O)N(CC)CC(=O)NC(C)C)cc1OCC. The Morgan fingerprint density at radius 3 is 2.44 bits per heavy atom. The molecule has 1 rings (SSSR count). The number of hydrogen-bond donors (Lipinski definition) is 1. The van der Waals surface area contributed by atoms with E-state index in [1.165, 1.54) is 4.90 Å². The van der Waals surface area contributed by atoms with E-state index in [0.717, 1.165) is 12.8 Å². The zero-order chi connectivity index (χ0) is 20.4. The number of ether oxygens (including phenoxy) is 2. The Balaban J connectivity index is 3.05. The summed E-state index contributed by atoms with van der Waals surface area (Å²) in [5.74, 6) is 0.409. The van der Waals surface area contributed by atoms with Gasteiger partial charge in [-0.3, -0.25) is 9.59 Å². The predicted octanol–water partition coefficient (Wildman–Crippen LogP) is 3.90. The molecule has 0 heterocycles. The molecule has 27 heavy (non-hydrogen) atoms. The smallest absolute Gasteiger partial charge is 0.254 e. The number of nitrogens with zero attached hydrogens (tertiary/aromatic N) is 1. The number of carbonyl (C=O) groups excluding carboxylic acids is 2. The van der Waals surface area contributed by atoms with Crippen LogP contribution in [0.3, 0.4) is 0 Å². The average molecular weight is 399 g/mol. The molecule has 0 spiro atoms. The largest absolute Gasteiger partial charge is 0.490 e. The molecule has 0 bridgehead atoms. The van der Waals surface area contributed by atoms with E-state index in [4.69, 9.17) is 21.1 Å². The van der Waals surface area contributed by atoms with Gasteiger partial charge in [0.05, 0.1) is 24.8 Å². The van der Waals surface area contributed by atoms with Crippen molar-refractivity contribution in [3.05, 3.63) is 22.7 Å². The van der Waals surface area contributed by atoms with Gasteiger partial charge in [-0.25, -0.2) is 0 Å². The standard InChI is InChI=1S/C20H31ClN2O4/c1-6-9-10-27-19-16(21)11-15(12-17(19)26-8-3)20(25)23(7-2)13-18(24)22-14(4)5/h11-12,14H,6-10,13H2,1-5H3,(H,22,24). The minimum atomic E-state index is -0.278. The average Bonchev–Trinajstić information content (AvgIpc) is 2.60.